The van der Waals surface area contributed by atoms with Crippen LogP contribution in [0, 0.1) is 0 Å². The molecule has 4 nitrogen and oxygen atoms in total. The van der Waals surface area contributed by atoms with Crippen LogP contribution in [-0.2, 0) is 17.0 Å². The monoisotopic (exact) mass is 201 g/mol. The molecule has 0 aromatic carbocycles. The van der Waals surface area contributed by atoms with Crippen LogP contribution >= 0.6 is 11.6 Å². The van der Waals surface area contributed by atoms with Gasteiger partial charge < -0.3 is 4.74 Å². The third-order valence-electron chi connectivity index (χ3n) is 2.14. The standard InChI is InChI=1S/C8H12ClN3O/c9-5-8-10-7(11-12-8)4-6-2-1-3-13-6/h6H,1-5H2,(H,10,11,12). The van der Waals surface area contributed by atoms with Crippen LogP contribution in [0.4, 0.5) is 0 Å². The lowest BCUT2D eigenvalue weighted by Crippen LogP contribution is -2.09. The van der Waals surface area contributed by atoms with Crippen LogP contribution in [0.15, 0.2) is 0 Å². The zero-order valence-corrected chi connectivity index (χ0v) is 8.05. The van der Waals surface area contributed by atoms with Gasteiger partial charge in [0.1, 0.15) is 5.82 Å². The Hall–Kier alpha value is -0.610. The van der Waals surface area contributed by atoms with E-state index >= 15 is 0 Å². The van der Waals surface area contributed by atoms with Crippen LogP contribution in [-0.4, -0.2) is 27.9 Å². The van der Waals surface area contributed by atoms with Crippen LogP contribution in [0.25, 0.3) is 0 Å². The number of aromatic nitrogens is 3. The van der Waals surface area contributed by atoms with Gasteiger partial charge in [0.2, 0.25) is 0 Å². The fourth-order valence-electron chi connectivity index (χ4n) is 1.49. The predicted molar refractivity (Wildman–Crippen MR) is 48.6 cm³/mol. The first-order valence-electron chi connectivity index (χ1n) is 4.46. The molecule has 0 amide bonds. The Morgan fingerprint density at radius 1 is 1.62 bits per heavy atom. The minimum Gasteiger partial charge on any atom is -0.378 e. The van der Waals surface area contributed by atoms with Gasteiger partial charge >= 0.3 is 0 Å². The average Bonchev–Trinajstić information content (AvgIpc) is 2.76. The second-order valence-electron chi connectivity index (χ2n) is 3.17. The molecular formula is C8H12ClN3O. The van der Waals surface area contributed by atoms with Crippen LogP contribution in [0.1, 0.15) is 24.5 Å². The number of hydrogen-bond donors (Lipinski definition) is 1. The molecule has 0 spiro atoms. The summed E-state index contributed by atoms with van der Waals surface area (Å²) in [4.78, 5) is 4.21. The number of halogens is 1. The molecule has 1 atom stereocenters. The van der Waals surface area contributed by atoms with Crippen molar-refractivity contribution in [3.8, 4) is 0 Å². The summed E-state index contributed by atoms with van der Waals surface area (Å²) < 4.78 is 5.47. The van der Waals surface area contributed by atoms with E-state index in [4.69, 9.17) is 16.3 Å². The molecule has 1 unspecified atom stereocenters. The molecule has 0 saturated carbocycles. The van der Waals surface area contributed by atoms with Gasteiger partial charge in [-0.25, -0.2) is 4.98 Å². The lowest BCUT2D eigenvalue weighted by Gasteiger charge is -2.04. The molecule has 1 aliphatic rings. The van der Waals surface area contributed by atoms with E-state index in [0.29, 0.717) is 12.0 Å². The Kier molecular flexibility index (Phi) is 2.80. The maximum absolute atomic E-state index is 5.59. The van der Waals surface area contributed by atoms with Crippen molar-refractivity contribution in [1.82, 2.24) is 15.2 Å². The van der Waals surface area contributed by atoms with E-state index in [1.165, 1.54) is 0 Å². The van der Waals surface area contributed by atoms with Crippen LogP contribution < -0.4 is 0 Å². The summed E-state index contributed by atoms with van der Waals surface area (Å²) in [6.07, 6.45) is 3.37. The molecule has 2 rings (SSSR count). The second kappa shape index (κ2) is 4.07. The highest BCUT2D eigenvalue weighted by Crippen LogP contribution is 2.15. The summed E-state index contributed by atoms with van der Waals surface area (Å²) >= 11 is 5.59. The Bertz CT molecular complexity index is 270. The molecule has 1 saturated heterocycles. The van der Waals surface area contributed by atoms with Gasteiger partial charge in [-0.05, 0) is 12.8 Å². The first-order chi connectivity index (χ1) is 6.38. The second-order valence-corrected chi connectivity index (χ2v) is 3.44. The third-order valence-corrected chi connectivity index (χ3v) is 2.39. The maximum Gasteiger partial charge on any atom is 0.153 e. The molecule has 1 fully saturated rings. The smallest absolute Gasteiger partial charge is 0.153 e. The van der Waals surface area contributed by atoms with Crippen molar-refractivity contribution < 1.29 is 4.74 Å². The van der Waals surface area contributed by atoms with Gasteiger partial charge in [-0.1, -0.05) is 0 Å². The van der Waals surface area contributed by atoms with Gasteiger partial charge in [0.15, 0.2) is 5.82 Å². The number of nitrogens with one attached hydrogen (secondary N) is 1. The number of alkyl halides is 1. The highest BCUT2D eigenvalue weighted by atomic mass is 35.5. The van der Waals surface area contributed by atoms with Gasteiger partial charge in [0, 0.05) is 13.0 Å². The van der Waals surface area contributed by atoms with Crippen molar-refractivity contribution in [2.75, 3.05) is 6.61 Å². The molecule has 0 aliphatic carbocycles. The van der Waals surface area contributed by atoms with E-state index in [1.54, 1.807) is 0 Å². The topological polar surface area (TPSA) is 50.8 Å². The predicted octanol–water partition coefficient (Wildman–Crippen LogP) is 1.27. The zero-order chi connectivity index (χ0) is 9.10. The van der Waals surface area contributed by atoms with Crippen molar-refractivity contribution in [2.45, 2.75) is 31.2 Å². The highest BCUT2D eigenvalue weighted by molar-refractivity contribution is 6.16. The number of ether oxygens (including phenoxy) is 1. The molecule has 0 radical (unpaired) electrons. The van der Waals surface area contributed by atoms with E-state index in [2.05, 4.69) is 15.2 Å². The average molecular weight is 202 g/mol. The minimum atomic E-state index is 0.305. The lowest BCUT2D eigenvalue weighted by atomic mass is 10.2. The van der Waals surface area contributed by atoms with Crippen LogP contribution in [0.3, 0.4) is 0 Å². The summed E-state index contributed by atoms with van der Waals surface area (Å²) in [5, 5.41) is 6.83. The molecule has 72 valence electrons. The van der Waals surface area contributed by atoms with Gasteiger partial charge in [0.25, 0.3) is 0 Å². The normalized spacial score (nSPS) is 22.4. The summed E-state index contributed by atoms with van der Waals surface area (Å²) in [5.41, 5.74) is 0. The summed E-state index contributed by atoms with van der Waals surface area (Å²) in [7, 11) is 0. The first kappa shape index (κ1) is 8.97. The number of hydrogen-bond acceptors (Lipinski definition) is 3. The van der Waals surface area contributed by atoms with Crippen molar-refractivity contribution >= 4 is 11.6 Å². The Morgan fingerprint density at radius 2 is 2.54 bits per heavy atom. The molecule has 5 heteroatoms. The van der Waals surface area contributed by atoms with Gasteiger partial charge in [0.05, 0.1) is 12.0 Å². The summed E-state index contributed by atoms with van der Waals surface area (Å²) in [5.74, 6) is 1.93. The SMILES string of the molecule is ClCc1nc(CC2CCCO2)n[nH]1. The minimum absolute atomic E-state index is 0.305. The number of H-pyrrole nitrogens is 1. The highest BCUT2D eigenvalue weighted by Gasteiger charge is 2.17. The lowest BCUT2D eigenvalue weighted by molar-refractivity contribution is 0.110. The van der Waals surface area contributed by atoms with Crippen molar-refractivity contribution in [1.29, 1.82) is 0 Å². The quantitative estimate of drug-likeness (QED) is 0.750. The van der Waals surface area contributed by atoms with Gasteiger partial charge in [-0.15, -0.1) is 11.6 Å². The van der Waals surface area contributed by atoms with Gasteiger partial charge in [-0.3, -0.25) is 5.10 Å². The molecule has 1 aromatic rings. The molecular weight excluding hydrogens is 190 g/mol. The number of rotatable bonds is 3. The van der Waals surface area contributed by atoms with E-state index in [1.807, 2.05) is 0 Å². The van der Waals surface area contributed by atoms with E-state index in [0.717, 1.165) is 37.5 Å². The Morgan fingerprint density at radius 3 is 3.15 bits per heavy atom. The Labute approximate surface area is 81.6 Å². The Balaban J connectivity index is 1.92. The zero-order valence-electron chi connectivity index (χ0n) is 7.29. The molecule has 1 N–H and O–H groups in total. The van der Waals surface area contributed by atoms with Crippen molar-refractivity contribution in [2.24, 2.45) is 0 Å². The van der Waals surface area contributed by atoms with Crippen molar-refractivity contribution in [3.63, 3.8) is 0 Å². The molecule has 2 heterocycles. The maximum atomic E-state index is 5.59. The molecule has 0 bridgehead atoms. The fourth-order valence-corrected chi connectivity index (χ4v) is 1.61. The summed E-state index contributed by atoms with van der Waals surface area (Å²) in [6, 6.07) is 0. The van der Waals surface area contributed by atoms with Crippen LogP contribution in [0.2, 0.25) is 0 Å². The number of nitrogens with zero attached hydrogens (tertiary/aromatic N) is 2. The van der Waals surface area contributed by atoms with Gasteiger partial charge in [-0.2, -0.15) is 5.10 Å². The first-order valence-corrected chi connectivity index (χ1v) is 4.99. The molecule has 13 heavy (non-hydrogen) atoms. The number of aromatic amines is 1. The largest absolute Gasteiger partial charge is 0.378 e. The van der Waals surface area contributed by atoms with Crippen molar-refractivity contribution in [3.05, 3.63) is 11.6 Å². The summed E-state index contributed by atoms with van der Waals surface area (Å²) in [6.45, 7) is 0.872. The van der Waals surface area contributed by atoms with E-state index in [9.17, 15) is 0 Å². The molecule has 1 aromatic heterocycles. The molecule has 1 aliphatic heterocycles. The fraction of sp³-hybridized carbons (Fsp3) is 0.750. The van der Waals surface area contributed by atoms with E-state index < -0.39 is 0 Å². The van der Waals surface area contributed by atoms with Crippen LogP contribution in [0.5, 0.6) is 0 Å². The van der Waals surface area contributed by atoms with E-state index in [-0.39, 0.29) is 0 Å². The third kappa shape index (κ3) is 2.19.